The number of nitrogens with zero attached hydrogens (tertiary/aromatic N) is 2. The predicted molar refractivity (Wildman–Crippen MR) is 240 cm³/mol. The number of carbonyl (C=O) groups is 2. The highest BCUT2D eigenvalue weighted by atomic mass is 16.5. The Hall–Kier alpha value is -5.38. The number of methoxy groups -OCH3 is 3. The van der Waals surface area contributed by atoms with E-state index in [1.807, 2.05) is 98.8 Å². The van der Waals surface area contributed by atoms with E-state index in [1.165, 1.54) is 0 Å². The molecule has 2 fully saturated rings. The number of rotatable bonds is 15. The standard InChI is InChI=1S/C25H31NO6.C25H33NO6/c1-15(28)25(2)14-26(23(29)13-27)12-19(25)17-8-9-20(31-3)21(11-17)32-22-10-16-6-4-5-7-18(16)24(22)30;1-17(28)25(2)16-26(24(29)15-27)14-21(25)19-7-10-22(31-4)23(13-19)32-12-11-18-5-8-20(30-3)9-6-18/h4-9,11,15,19,22,24,27-28,30H,10,12-14H2,1-3H3;5-10,13,17,21,27-28H,11-12,14-16H2,1-4H3/t15-,19+,22?,24?,25+;17-,21+,25+/m11/s1. The van der Waals surface area contributed by atoms with Gasteiger partial charge in [0.1, 0.15) is 31.2 Å². The van der Waals surface area contributed by atoms with Gasteiger partial charge in [-0.15, -0.1) is 0 Å². The molecule has 3 aliphatic rings. The average Bonchev–Trinajstić information content (AvgIpc) is 3.97. The number of ether oxygens (including phenoxy) is 5. The first-order valence-corrected chi connectivity index (χ1v) is 21.8. The summed E-state index contributed by atoms with van der Waals surface area (Å²) in [4.78, 5) is 27.5. The van der Waals surface area contributed by atoms with Gasteiger partial charge in [0, 0.05) is 61.7 Å². The summed E-state index contributed by atoms with van der Waals surface area (Å²) in [6.07, 6.45) is -1.14. The molecule has 2 saturated heterocycles. The van der Waals surface area contributed by atoms with Crippen molar-refractivity contribution in [3.63, 3.8) is 0 Å². The van der Waals surface area contributed by atoms with Crippen molar-refractivity contribution >= 4 is 11.8 Å². The average molecular weight is 885 g/mol. The number of carbonyl (C=O) groups excluding carboxylic acids is 2. The maximum atomic E-state index is 12.2. The van der Waals surface area contributed by atoms with Gasteiger partial charge < -0.3 is 59.0 Å². The van der Waals surface area contributed by atoms with Crippen molar-refractivity contribution in [3.8, 4) is 28.7 Å². The van der Waals surface area contributed by atoms with E-state index in [2.05, 4.69) is 0 Å². The summed E-state index contributed by atoms with van der Waals surface area (Å²) in [5.74, 6) is 2.20. The van der Waals surface area contributed by atoms with Crippen LogP contribution in [0.25, 0.3) is 0 Å². The fourth-order valence-electron chi connectivity index (χ4n) is 9.33. The fourth-order valence-corrected chi connectivity index (χ4v) is 9.33. The fraction of sp³-hybridized carbons (Fsp3) is 0.480. The molecule has 346 valence electrons. The minimum absolute atomic E-state index is 0.104. The number of likely N-dealkylation sites (tertiary alicyclic amines) is 2. The molecule has 4 aromatic rings. The summed E-state index contributed by atoms with van der Waals surface area (Å²) < 4.78 is 28.5. The largest absolute Gasteiger partial charge is 0.497 e. The minimum Gasteiger partial charge on any atom is -0.497 e. The molecule has 0 saturated carbocycles. The highest BCUT2D eigenvalue weighted by Crippen LogP contribution is 2.49. The molecule has 2 unspecified atom stereocenters. The summed E-state index contributed by atoms with van der Waals surface area (Å²) in [5.41, 5.74) is 3.82. The third-order valence-corrected chi connectivity index (χ3v) is 13.8. The molecule has 0 spiro atoms. The smallest absolute Gasteiger partial charge is 0.248 e. The molecule has 14 heteroatoms. The topological polar surface area (TPSA) is 188 Å². The molecular formula is C50H64N2O12. The molecule has 2 amide bonds. The summed E-state index contributed by atoms with van der Waals surface area (Å²) in [6.45, 7) is 8.34. The van der Waals surface area contributed by atoms with E-state index in [-0.39, 0.29) is 23.7 Å². The lowest BCUT2D eigenvalue weighted by molar-refractivity contribution is -0.134. The number of benzene rings is 4. The Labute approximate surface area is 375 Å². The number of amides is 2. The zero-order valence-corrected chi connectivity index (χ0v) is 37.9. The molecular weight excluding hydrogens is 821 g/mol. The third-order valence-electron chi connectivity index (χ3n) is 13.8. The summed E-state index contributed by atoms with van der Waals surface area (Å²) >= 11 is 0. The van der Waals surface area contributed by atoms with Crippen LogP contribution in [-0.4, -0.2) is 133 Å². The van der Waals surface area contributed by atoms with Crippen LogP contribution in [-0.2, 0) is 22.4 Å². The van der Waals surface area contributed by atoms with E-state index < -0.39 is 48.5 Å². The van der Waals surface area contributed by atoms with Crippen molar-refractivity contribution in [2.45, 2.75) is 76.8 Å². The number of aliphatic hydroxyl groups excluding tert-OH is 5. The first kappa shape index (κ1) is 48.1. The molecule has 0 radical (unpaired) electrons. The van der Waals surface area contributed by atoms with Crippen molar-refractivity contribution in [1.82, 2.24) is 9.80 Å². The van der Waals surface area contributed by atoms with Crippen LogP contribution >= 0.6 is 0 Å². The van der Waals surface area contributed by atoms with Gasteiger partial charge in [0.2, 0.25) is 11.8 Å². The maximum Gasteiger partial charge on any atom is 0.248 e. The Kier molecular flexibility index (Phi) is 15.5. The Bertz CT molecular complexity index is 2220. The van der Waals surface area contributed by atoms with E-state index in [0.717, 1.165) is 40.0 Å². The minimum atomic E-state index is -0.730. The van der Waals surface area contributed by atoms with Gasteiger partial charge in [0.25, 0.3) is 0 Å². The van der Waals surface area contributed by atoms with Crippen molar-refractivity contribution in [3.05, 3.63) is 113 Å². The molecule has 5 N–H and O–H groups in total. The highest BCUT2D eigenvalue weighted by molar-refractivity contribution is 5.78. The highest BCUT2D eigenvalue weighted by Gasteiger charge is 2.49. The molecule has 0 aromatic heterocycles. The Morgan fingerprint density at radius 1 is 0.703 bits per heavy atom. The normalized spacial score (nSPS) is 24.6. The SMILES string of the molecule is COc1ccc(CCOc2cc([C@@H]3CN(C(=O)CO)C[C@@]3(C)[C@@H](C)O)ccc2OC)cc1.COc1ccc([C@@H]2CN(C(=O)CO)C[C@@]2(C)[C@@H](C)O)cc1OC1Cc2ccccc2C1O. The lowest BCUT2D eigenvalue weighted by atomic mass is 9.72. The second-order valence-corrected chi connectivity index (χ2v) is 17.6. The van der Waals surface area contributed by atoms with Gasteiger partial charge in [-0.05, 0) is 78.1 Å². The van der Waals surface area contributed by atoms with Crippen molar-refractivity contribution in [1.29, 1.82) is 0 Å². The summed E-state index contributed by atoms with van der Waals surface area (Å²) in [6, 6.07) is 27.0. The molecule has 7 rings (SSSR count). The van der Waals surface area contributed by atoms with Gasteiger partial charge in [0.05, 0.1) is 40.1 Å². The lowest BCUT2D eigenvalue weighted by Gasteiger charge is -2.34. The van der Waals surface area contributed by atoms with Crippen LogP contribution in [0.15, 0.2) is 84.9 Å². The van der Waals surface area contributed by atoms with Crippen molar-refractivity contribution in [2.24, 2.45) is 10.8 Å². The van der Waals surface area contributed by atoms with Gasteiger partial charge in [-0.3, -0.25) is 9.59 Å². The first-order valence-electron chi connectivity index (χ1n) is 21.8. The van der Waals surface area contributed by atoms with Crippen LogP contribution in [0.5, 0.6) is 28.7 Å². The monoisotopic (exact) mass is 884 g/mol. The molecule has 8 atom stereocenters. The third kappa shape index (κ3) is 10.1. The summed E-state index contributed by atoms with van der Waals surface area (Å²) in [7, 11) is 4.81. The molecule has 14 nitrogen and oxygen atoms in total. The molecule has 0 bridgehead atoms. The van der Waals surface area contributed by atoms with Gasteiger partial charge in [-0.1, -0.05) is 62.4 Å². The van der Waals surface area contributed by atoms with Gasteiger partial charge in [-0.25, -0.2) is 0 Å². The summed E-state index contributed by atoms with van der Waals surface area (Å²) in [5, 5.41) is 50.5. The number of hydrogen-bond acceptors (Lipinski definition) is 12. The second kappa shape index (κ2) is 20.6. The van der Waals surface area contributed by atoms with Gasteiger partial charge in [-0.2, -0.15) is 0 Å². The van der Waals surface area contributed by atoms with Crippen LogP contribution < -0.4 is 23.7 Å². The predicted octanol–water partition coefficient (Wildman–Crippen LogP) is 4.67. The molecule has 64 heavy (non-hydrogen) atoms. The Morgan fingerprint density at radius 3 is 1.70 bits per heavy atom. The van der Waals surface area contributed by atoms with Crippen molar-refractivity contribution < 1.29 is 58.8 Å². The maximum absolute atomic E-state index is 12.2. The van der Waals surface area contributed by atoms with Gasteiger partial charge in [0.15, 0.2) is 23.0 Å². The van der Waals surface area contributed by atoms with Crippen LogP contribution in [0.3, 0.4) is 0 Å². The number of aliphatic hydroxyl groups is 5. The zero-order valence-electron chi connectivity index (χ0n) is 37.9. The molecule has 2 aliphatic heterocycles. The van der Waals surface area contributed by atoms with Crippen molar-refractivity contribution in [2.75, 3.05) is 67.3 Å². The van der Waals surface area contributed by atoms with E-state index in [4.69, 9.17) is 23.7 Å². The van der Waals surface area contributed by atoms with E-state index in [1.54, 1.807) is 45.0 Å². The Morgan fingerprint density at radius 2 is 1.22 bits per heavy atom. The first-order chi connectivity index (χ1) is 30.6. The number of hydrogen-bond donors (Lipinski definition) is 5. The zero-order chi connectivity index (χ0) is 46.3. The number of fused-ring (bicyclic) bond motifs is 1. The molecule has 4 aromatic carbocycles. The van der Waals surface area contributed by atoms with E-state index in [0.29, 0.717) is 62.2 Å². The van der Waals surface area contributed by atoms with Crippen LogP contribution in [0, 0.1) is 10.8 Å². The molecule has 2 heterocycles. The van der Waals surface area contributed by atoms with E-state index >= 15 is 0 Å². The second-order valence-electron chi connectivity index (χ2n) is 17.6. The molecule has 1 aliphatic carbocycles. The van der Waals surface area contributed by atoms with Crippen LogP contribution in [0.2, 0.25) is 0 Å². The quantitative estimate of drug-likeness (QED) is 0.111. The van der Waals surface area contributed by atoms with Crippen LogP contribution in [0.1, 0.15) is 73.5 Å². The van der Waals surface area contributed by atoms with Gasteiger partial charge >= 0.3 is 0 Å². The Balaban J connectivity index is 0.000000213. The van der Waals surface area contributed by atoms with Crippen LogP contribution in [0.4, 0.5) is 0 Å². The van der Waals surface area contributed by atoms with E-state index in [9.17, 15) is 35.1 Å². The lowest BCUT2D eigenvalue weighted by Crippen LogP contribution is -2.38.